The molecule has 7 rings (SSSR count). The highest BCUT2D eigenvalue weighted by molar-refractivity contribution is 7.99. The Labute approximate surface area is 233 Å². The van der Waals surface area contributed by atoms with Crippen LogP contribution in [0, 0.1) is 23.2 Å². The predicted molar refractivity (Wildman–Crippen MR) is 151 cm³/mol. The average molecular weight is 555 g/mol. The number of anilines is 1. The zero-order valence-electron chi connectivity index (χ0n) is 22.3. The lowest BCUT2D eigenvalue weighted by Crippen LogP contribution is -2.47. The SMILES string of the molecule is C=CCn1c(CC23CC4CC(CC(C4)C2)C3)nnc1SCC(=O)Nc1sc2c(c1C(=O)OC)CCCCC2. The first-order valence-electron chi connectivity index (χ1n) is 14.2. The lowest BCUT2D eigenvalue weighted by Gasteiger charge is -2.56. The maximum atomic E-state index is 13.0. The number of aryl methyl sites for hydroxylation is 1. The summed E-state index contributed by atoms with van der Waals surface area (Å²) in [6, 6.07) is 0. The van der Waals surface area contributed by atoms with E-state index in [4.69, 9.17) is 4.74 Å². The number of nitrogens with zero attached hydrogens (tertiary/aromatic N) is 3. The number of hydrogen-bond donors (Lipinski definition) is 1. The monoisotopic (exact) mass is 554 g/mol. The molecule has 4 bridgehead atoms. The second-order valence-electron chi connectivity index (χ2n) is 12.0. The number of nitrogens with one attached hydrogen (secondary N) is 1. The molecule has 7 nitrogen and oxygen atoms in total. The number of methoxy groups -OCH3 is 1. The van der Waals surface area contributed by atoms with Gasteiger partial charge in [0, 0.05) is 17.8 Å². The van der Waals surface area contributed by atoms with E-state index in [0.29, 0.717) is 22.5 Å². The molecular weight excluding hydrogens is 516 g/mol. The molecule has 9 heteroatoms. The van der Waals surface area contributed by atoms with Crippen molar-refractivity contribution in [3.8, 4) is 0 Å². The van der Waals surface area contributed by atoms with E-state index >= 15 is 0 Å². The number of thiophene rings is 1. The van der Waals surface area contributed by atoms with E-state index in [2.05, 4.69) is 26.7 Å². The van der Waals surface area contributed by atoms with Gasteiger partial charge in [-0.15, -0.1) is 28.1 Å². The molecular formula is C29H38N4O3S2. The number of fused-ring (bicyclic) bond motifs is 1. The number of allylic oxidation sites excluding steroid dienone is 1. The van der Waals surface area contributed by atoms with Crippen molar-refractivity contribution in [2.24, 2.45) is 23.2 Å². The van der Waals surface area contributed by atoms with Crippen LogP contribution in [-0.4, -0.2) is 39.5 Å². The van der Waals surface area contributed by atoms with Crippen LogP contribution in [0.15, 0.2) is 17.8 Å². The van der Waals surface area contributed by atoms with Gasteiger partial charge in [0.15, 0.2) is 5.16 Å². The van der Waals surface area contributed by atoms with E-state index in [0.717, 1.165) is 72.8 Å². The number of ether oxygens (including phenoxy) is 1. The Morgan fingerprint density at radius 1 is 1.13 bits per heavy atom. The van der Waals surface area contributed by atoms with Crippen molar-refractivity contribution in [1.29, 1.82) is 0 Å². The Kier molecular flexibility index (Phi) is 7.42. The fourth-order valence-corrected chi connectivity index (χ4v) is 10.2. The molecule has 1 amide bonds. The highest BCUT2D eigenvalue weighted by Crippen LogP contribution is 2.61. The van der Waals surface area contributed by atoms with Crippen molar-refractivity contribution in [3.05, 3.63) is 34.5 Å². The summed E-state index contributed by atoms with van der Waals surface area (Å²) in [5, 5.41) is 13.5. The van der Waals surface area contributed by atoms with Crippen molar-refractivity contribution in [3.63, 3.8) is 0 Å². The summed E-state index contributed by atoms with van der Waals surface area (Å²) < 4.78 is 7.23. The zero-order valence-corrected chi connectivity index (χ0v) is 23.9. The number of esters is 1. The molecule has 0 saturated heterocycles. The van der Waals surface area contributed by atoms with Crippen LogP contribution in [-0.2, 0) is 35.3 Å². The molecule has 5 aliphatic rings. The standard InChI is InChI=1S/C29H38N4O3S2/c1-3-9-33-23(16-29-13-18-10-19(14-29)12-20(11-18)15-29)31-32-28(33)37-17-24(34)30-26-25(27(35)36-2)21-7-5-4-6-8-22(21)38-26/h3,18-20H,1,4-17H2,2H3,(H,30,34). The Bertz CT molecular complexity index is 1200. The van der Waals surface area contributed by atoms with Gasteiger partial charge in [0.2, 0.25) is 5.91 Å². The van der Waals surface area contributed by atoms with E-state index in [1.807, 2.05) is 6.08 Å². The van der Waals surface area contributed by atoms with Gasteiger partial charge in [-0.25, -0.2) is 4.79 Å². The predicted octanol–water partition coefficient (Wildman–Crippen LogP) is 6.07. The minimum absolute atomic E-state index is 0.146. The number of carbonyl (C=O) groups excluding carboxylic acids is 2. The van der Waals surface area contributed by atoms with Crippen LogP contribution < -0.4 is 5.32 Å². The maximum Gasteiger partial charge on any atom is 0.341 e. The summed E-state index contributed by atoms with van der Waals surface area (Å²) in [6.07, 6.45) is 16.3. The van der Waals surface area contributed by atoms with Crippen molar-refractivity contribution in [2.75, 3.05) is 18.2 Å². The molecule has 2 aromatic rings. The van der Waals surface area contributed by atoms with Gasteiger partial charge in [-0.2, -0.15) is 0 Å². The van der Waals surface area contributed by atoms with E-state index in [1.54, 1.807) is 0 Å². The van der Waals surface area contributed by atoms with Crippen molar-refractivity contribution >= 4 is 40.0 Å². The molecule has 2 heterocycles. The third-order valence-corrected chi connectivity index (χ3v) is 11.4. The highest BCUT2D eigenvalue weighted by Gasteiger charge is 2.51. The number of hydrogen-bond acceptors (Lipinski definition) is 7. The number of rotatable bonds is 9. The molecule has 0 spiro atoms. The Morgan fingerprint density at radius 3 is 2.53 bits per heavy atom. The second-order valence-corrected chi connectivity index (χ2v) is 14.0. The molecule has 4 fully saturated rings. The van der Waals surface area contributed by atoms with E-state index in [1.165, 1.54) is 73.6 Å². The van der Waals surface area contributed by atoms with Crippen LogP contribution in [0.4, 0.5) is 5.00 Å². The van der Waals surface area contributed by atoms with Gasteiger partial charge in [0.25, 0.3) is 0 Å². The minimum atomic E-state index is -0.368. The fourth-order valence-electron chi connectivity index (χ4n) is 8.15. The lowest BCUT2D eigenvalue weighted by atomic mass is 9.49. The summed E-state index contributed by atoms with van der Waals surface area (Å²) >= 11 is 2.93. The quantitative estimate of drug-likeness (QED) is 0.175. The topological polar surface area (TPSA) is 86.1 Å². The van der Waals surface area contributed by atoms with Crippen LogP contribution in [0.25, 0.3) is 0 Å². The van der Waals surface area contributed by atoms with Gasteiger partial charge >= 0.3 is 5.97 Å². The maximum absolute atomic E-state index is 13.0. The van der Waals surface area contributed by atoms with Crippen molar-refractivity contribution in [2.45, 2.75) is 88.8 Å². The Hall–Kier alpha value is -2.13. The largest absolute Gasteiger partial charge is 0.465 e. The van der Waals surface area contributed by atoms with Gasteiger partial charge in [-0.1, -0.05) is 24.3 Å². The normalized spacial score (nSPS) is 27.6. The Morgan fingerprint density at radius 2 is 1.84 bits per heavy atom. The number of carbonyl (C=O) groups is 2. The molecule has 5 aliphatic carbocycles. The molecule has 38 heavy (non-hydrogen) atoms. The fraction of sp³-hybridized carbons (Fsp3) is 0.655. The van der Waals surface area contributed by atoms with Gasteiger partial charge < -0.3 is 14.6 Å². The van der Waals surface area contributed by atoms with Gasteiger partial charge in [-0.3, -0.25) is 4.79 Å². The summed E-state index contributed by atoms with van der Waals surface area (Å²) in [6.45, 7) is 4.60. The molecule has 4 saturated carbocycles. The first-order valence-corrected chi connectivity index (χ1v) is 16.0. The third-order valence-electron chi connectivity index (χ3n) is 9.20. The van der Waals surface area contributed by atoms with Gasteiger partial charge in [-0.05, 0) is 92.9 Å². The molecule has 0 unspecified atom stereocenters. The van der Waals surface area contributed by atoms with E-state index < -0.39 is 0 Å². The van der Waals surface area contributed by atoms with E-state index in [9.17, 15) is 9.59 Å². The highest BCUT2D eigenvalue weighted by atomic mass is 32.2. The van der Waals surface area contributed by atoms with Crippen LogP contribution in [0.3, 0.4) is 0 Å². The second kappa shape index (κ2) is 10.8. The van der Waals surface area contributed by atoms with Gasteiger partial charge in [0.05, 0.1) is 18.4 Å². The third kappa shape index (κ3) is 5.08. The Balaban J connectivity index is 1.15. The molecule has 0 atom stereocenters. The molecule has 0 radical (unpaired) electrons. The van der Waals surface area contributed by atoms with Crippen LogP contribution in [0.1, 0.15) is 84.4 Å². The molecule has 1 N–H and O–H groups in total. The molecule has 0 aromatic carbocycles. The summed E-state index contributed by atoms with van der Waals surface area (Å²) in [5.41, 5.74) is 1.98. The van der Waals surface area contributed by atoms with Gasteiger partial charge in [0.1, 0.15) is 10.8 Å². The molecule has 204 valence electrons. The molecule has 2 aromatic heterocycles. The summed E-state index contributed by atoms with van der Waals surface area (Å²) in [7, 11) is 1.40. The summed E-state index contributed by atoms with van der Waals surface area (Å²) in [4.78, 5) is 26.9. The van der Waals surface area contributed by atoms with Crippen molar-refractivity contribution in [1.82, 2.24) is 14.8 Å². The lowest BCUT2D eigenvalue weighted by molar-refractivity contribution is -0.113. The van der Waals surface area contributed by atoms with Crippen LogP contribution >= 0.6 is 23.1 Å². The summed E-state index contributed by atoms with van der Waals surface area (Å²) in [5.74, 6) is 3.42. The average Bonchev–Trinajstić information content (AvgIpc) is 3.32. The smallest absolute Gasteiger partial charge is 0.341 e. The van der Waals surface area contributed by atoms with Crippen LogP contribution in [0.2, 0.25) is 0 Å². The number of aromatic nitrogens is 3. The zero-order chi connectivity index (χ0) is 26.3. The molecule has 0 aliphatic heterocycles. The number of thioether (sulfide) groups is 1. The first-order chi connectivity index (χ1) is 18.5. The minimum Gasteiger partial charge on any atom is -0.465 e. The van der Waals surface area contributed by atoms with E-state index in [-0.39, 0.29) is 17.6 Å². The first kappa shape index (κ1) is 26.1. The number of amides is 1. The van der Waals surface area contributed by atoms with Crippen molar-refractivity contribution < 1.29 is 14.3 Å². The van der Waals surface area contributed by atoms with Crippen LogP contribution in [0.5, 0.6) is 0 Å².